The number of H-pyrrole nitrogens is 1. The van der Waals surface area contributed by atoms with Crippen molar-refractivity contribution in [2.24, 2.45) is 0 Å². The van der Waals surface area contributed by atoms with E-state index in [1.807, 2.05) is 42.5 Å². The molecule has 0 unspecified atom stereocenters. The van der Waals surface area contributed by atoms with E-state index in [1.165, 1.54) is 12.1 Å². The van der Waals surface area contributed by atoms with Gasteiger partial charge in [-0.3, -0.25) is 0 Å². The summed E-state index contributed by atoms with van der Waals surface area (Å²) in [6.45, 7) is 0.361. The molecule has 0 radical (unpaired) electrons. The SMILES string of the molecule is Fc1cc(F)cc(Cn2c3ccccc3c3cc(-c4nn[nH]n4)ccc32)c1. The van der Waals surface area contributed by atoms with Crippen molar-refractivity contribution in [1.29, 1.82) is 0 Å². The lowest BCUT2D eigenvalue weighted by Gasteiger charge is -2.08. The lowest BCUT2D eigenvalue weighted by molar-refractivity contribution is 0.578. The summed E-state index contributed by atoms with van der Waals surface area (Å²) in [5.74, 6) is -0.642. The minimum Gasteiger partial charge on any atom is -0.336 e. The van der Waals surface area contributed by atoms with E-state index in [9.17, 15) is 8.78 Å². The van der Waals surface area contributed by atoms with Gasteiger partial charge in [0.15, 0.2) is 0 Å². The Bertz CT molecular complexity index is 1250. The number of halogens is 2. The molecule has 0 aliphatic heterocycles. The molecule has 1 N–H and O–H groups in total. The van der Waals surface area contributed by atoms with Gasteiger partial charge in [0.25, 0.3) is 0 Å². The number of para-hydroxylation sites is 1. The minimum absolute atomic E-state index is 0.361. The van der Waals surface area contributed by atoms with Gasteiger partial charge in [0.2, 0.25) is 5.82 Å². The van der Waals surface area contributed by atoms with Crippen LogP contribution in [0.3, 0.4) is 0 Å². The Kier molecular flexibility index (Phi) is 3.46. The first-order valence-electron chi connectivity index (χ1n) is 8.39. The van der Waals surface area contributed by atoms with Gasteiger partial charge in [-0.1, -0.05) is 18.2 Å². The number of nitrogens with one attached hydrogen (secondary N) is 1. The smallest absolute Gasteiger partial charge is 0.204 e. The highest BCUT2D eigenvalue weighted by Gasteiger charge is 2.13. The van der Waals surface area contributed by atoms with Crippen molar-refractivity contribution in [2.75, 3.05) is 0 Å². The van der Waals surface area contributed by atoms with E-state index in [0.717, 1.165) is 33.4 Å². The van der Waals surface area contributed by atoms with Crippen LogP contribution in [0.25, 0.3) is 33.2 Å². The van der Waals surface area contributed by atoms with E-state index >= 15 is 0 Å². The largest absolute Gasteiger partial charge is 0.336 e. The quantitative estimate of drug-likeness (QED) is 0.521. The third kappa shape index (κ3) is 2.64. The number of tetrazole rings is 1. The van der Waals surface area contributed by atoms with Gasteiger partial charge >= 0.3 is 0 Å². The fraction of sp³-hybridized carbons (Fsp3) is 0.0500. The maximum absolute atomic E-state index is 13.6. The first-order chi connectivity index (χ1) is 13.2. The molecule has 0 saturated carbocycles. The molecule has 27 heavy (non-hydrogen) atoms. The van der Waals surface area contributed by atoms with Crippen molar-refractivity contribution in [2.45, 2.75) is 6.54 Å². The molecule has 0 aliphatic rings. The number of nitrogens with zero attached hydrogens (tertiary/aromatic N) is 4. The summed E-state index contributed by atoms with van der Waals surface area (Å²) in [6, 6.07) is 17.4. The Labute approximate surface area is 152 Å². The first-order valence-corrected chi connectivity index (χ1v) is 8.39. The predicted octanol–water partition coefficient (Wildman–Crippen LogP) is 4.30. The third-order valence-electron chi connectivity index (χ3n) is 4.64. The monoisotopic (exact) mass is 361 g/mol. The van der Waals surface area contributed by atoms with Gasteiger partial charge < -0.3 is 4.57 Å². The van der Waals surface area contributed by atoms with E-state index in [-0.39, 0.29) is 0 Å². The van der Waals surface area contributed by atoms with Crippen LogP contribution in [0.15, 0.2) is 60.7 Å². The number of aromatic nitrogens is 5. The highest BCUT2D eigenvalue weighted by Crippen LogP contribution is 2.32. The molecule has 5 nitrogen and oxygen atoms in total. The molecule has 0 saturated heterocycles. The summed E-state index contributed by atoms with van der Waals surface area (Å²) >= 11 is 0. The predicted molar refractivity (Wildman–Crippen MR) is 98.1 cm³/mol. The van der Waals surface area contributed by atoms with Crippen LogP contribution < -0.4 is 0 Å². The molecule has 5 aromatic rings. The second kappa shape index (κ2) is 5.98. The lowest BCUT2D eigenvalue weighted by Crippen LogP contribution is -2.00. The van der Waals surface area contributed by atoms with E-state index in [4.69, 9.17) is 0 Å². The van der Waals surface area contributed by atoms with Crippen molar-refractivity contribution in [3.63, 3.8) is 0 Å². The number of rotatable bonds is 3. The molecule has 2 heterocycles. The van der Waals surface area contributed by atoms with Gasteiger partial charge in [0, 0.05) is 40.0 Å². The molecule has 2 aromatic heterocycles. The van der Waals surface area contributed by atoms with Crippen LogP contribution in [-0.2, 0) is 6.54 Å². The third-order valence-corrected chi connectivity index (χ3v) is 4.64. The Morgan fingerprint density at radius 3 is 2.41 bits per heavy atom. The van der Waals surface area contributed by atoms with Crippen molar-refractivity contribution >= 4 is 21.8 Å². The van der Waals surface area contributed by atoms with E-state index in [2.05, 4.69) is 25.2 Å². The van der Waals surface area contributed by atoms with Gasteiger partial charge in [-0.2, -0.15) is 5.21 Å². The fourth-order valence-corrected chi connectivity index (χ4v) is 3.53. The highest BCUT2D eigenvalue weighted by atomic mass is 19.1. The summed E-state index contributed by atoms with van der Waals surface area (Å²) < 4.78 is 29.3. The lowest BCUT2D eigenvalue weighted by atomic mass is 10.1. The summed E-state index contributed by atoms with van der Waals surface area (Å²) in [6.07, 6.45) is 0. The summed E-state index contributed by atoms with van der Waals surface area (Å²) in [4.78, 5) is 0. The summed E-state index contributed by atoms with van der Waals surface area (Å²) in [5.41, 5.74) is 3.36. The van der Waals surface area contributed by atoms with Crippen LogP contribution in [0.1, 0.15) is 5.56 Å². The molecule has 0 amide bonds. The van der Waals surface area contributed by atoms with Crippen molar-refractivity contribution in [1.82, 2.24) is 25.2 Å². The van der Waals surface area contributed by atoms with E-state index in [0.29, 0.717) is 17.9 Å². The molecule has 3 aromatic carbocycles. The Morgan fingerprint density at radius 1 is 0.852 bits per heavy atom. The Hall–Kier alpha value is -3.61. The number of hydrogen-bond donors (Lipinski definition) is 1. The second-order valence-corrected chi connectivity index (χ2v) is 6.35. The molecule has 5 rings (SSSR count). The Morgan fingerprint density at radius 2 is 1.63 bits per heavy atom. The zero-order valence-electron chi connectivity index (χ0n) is 14.0. The highest BCUT2D eigenvalue weighted by molar-refractivity contribution is 6.09. The van der Waals surface area contributed by atoms with Crippen LogP contribution in [0, 0.1) is 11.6 Å². The van der Waals surface area contributed by atoms with Gasteiger partial charge in [-0.25, -0.2) is 8.78 Å². The molecule has 0 aliphatic carbocycles. The van der Waals surface area contributed by atoms with Crippen LogP contribution >= 0.6 is 0 Å². The summed E-state index contributed by atoms with van der Waals surface area (Å²) in [7, 11) is 0. The normalized spacial score (nSPS) is 11.5. The molecule has 0 spiro atoms. The van der Waals surface area contributed by atoms with E-state index in [1.54, 1.807) is 0 Å². The zero-order chi connectivity index (χ0) is 18.4. The average Bonchev–Trinajstić information content (AvgIpc) is 3.29. The molecular weight excluding hydrogens is 348 g/mol. The van der Waals surface area contributed by atoms with Gasteiger partial charge in [0.1, 0.15) is 11.6 Å². The van der Waals surface area contributed by atoms with Gasteiger partial charge in [0.05, 0.1) is 0 Å². The topological polar surface area (TPSA) is 59.4 Å². The molecule has 0 bridgehead atoms. The summed E-state index contributed by atoms with van der Waals surface area (Å²) in [5, 5.41) is 16.2. The number of aromatic amines is 1. The fourth-order valence-electron chi connectivity index (χ4n) is 3.53. The van der Waals surface area contributed by atoms with Crippen LogP contribution in [0.5, 0.6) is 0 Å². The van der Waals surface area contributed by atoms with Crippen LogP contribution in [0.4, 0.5) is 8.78 Å². The standard InChI is InChI=1S/C20H13F2N5/c21-14-7-12(8-15(22)10-14)11-27-18-4-2-1-3-16(18)17-9-13(5-6-19(17)27)20-23-25-26-24-20/h1-10H,11H2,(H,23,24,25,26). The number of hydrogen-bond acceptors (Lipinski definition) is 3. The first kappa shape index (κ1) is 15.6. The Balaban J connectivity index is 1.73. The average molecular weight is 361 g/mol. The molecule has 0 fully saturated rings. The second-order valence-electron chi connectivity index (χ2n) is 6.35. The maximum Gasteiger partial charge on any atom is 0.204 e. The molecule has 0 atom stereocenters. The number of fused-ring (bicyclic) bond motifs is 3. The van der Waals surface area contributed by atoms with Gasteiger partial charge in [-0.15, -0.1) is 10.2 Å². The molecule has 132 valence electrons. The van der Waals surface area contributed by atoms with Crippen LogP contribution in [0.2, 0.25) is 0 Å². The molecular formula is C20H13F2N5. The number of benzene rings is 3. The molecule has 7 heteroatoms. The van der Waals surface area contributed by atoms with E-state index < -0.39 is 11.6 Å². The van der Waals surface area contributed by atoms with Crippen molar-refractivity contribution in [3.8, 4) is 11.4 Å². The zero-order valence-corrected chi connectivity index (χ0v) is 14.0. The van der Waals surface area contributed by atoms with Crippen LogP contribution in [-0.4, -0.2) is 25.2 Å². The van der Waals surface area contributed by atoms with Crippen molar-refractivity contribution in [3.05, 3.63) is 77.9 Å². The maximum atomic E-state index is 13.6. The van der Waals surface area contributed by atoms with Gasteiger partial charge in [-0.05, 0) is 47.2 Å². The van der Waals surface area contributed by atoms with Crippen molar-refractivity contribution < 1.29 is 8.78 Å². The minimum atomic E-state index is -0.579.